The standard InChI is InChI=1S/C22H23BrN2O3S2/c1-14-10-17(23)11-15(2)21(14)25-18-12-30(27,28)13-19(18)29-22(25)24-20(26)9-8-16-6-4-3-5-7-16/h3-7,10-11,18-19H,8-9,12-13H2,1-2H3/t18-,19+/m1/s1. The molecule has 0 spiro atoms. The predicted octanol–water partition coefficient (Wildman–Crippen LogP) is 4.30. The topological polar surface area (TPSA) is 66.8 Å². The third-order valence-electron chi connectivity index (χ3n) is 5.45. The SMILES string of the molecule is Cc1cc(Br)cc(C)c1N1C(=NC(=O)CCc2ccccc2)S[C@H]2CS(=O)(=O)C[C@H]21. The number of amidine groups is 1. The molecule has 8 heteroatoms. The van der Waals surface area contributed by atoms with Crippen molar-refractivity contribution in [1.29, 1.82) is 0 Å². The summed E-state index contributed by atoms with van der Waals surface area (Å²) in [4.78, 5) is 19.1. The lowest BCUT2D eigenvalue weighted by Gasteiger charge is -2.28. The van der Waals surface area contributed by atoms with Crippen LogP contribution >= 0.6 is 27.7 Å². The second-order valence-corrected chi connectivity index (χ2v) is 12.1. The van der Waals surface area contributed by atoms with Crippen LogP contribution < -0.4 is 4.90 Å². The molecular weight excluding hydrogens is 484 g/mol. The molecule has 2 aromatic rings. The third kappa shape index (κ3) is 4.50. The molecule has 1 amide bonds. The van der Waals surface area contributed by atoms with Crippen LogP contribution in [0.4, 0.5) is 5.69 Å². The van der Waals surface area contributed by atoms with Crippen molar-refractivity contribution in [3.63, 3.8) is 0 Å². The van der Waals surface area contributed by atoms with Crippen molar-refractivity contribution in [2.75, 3.05) is 16.4 Å². The quantitative estimate of drug-likeness (QED) is 0.618. The van der Waals surface area contributed by atoms with E-state index in [1.54, 1.807) is 0 Å². The number of benzene rings is 2. The summed E-state index contributed by atoms with van der Waals surface area (Å²) in [6.45, 7) is 4.01. The molecule has 2 saturated heterocycles. The van der Waals surface area contributed by atoms with E-state index in [1.165, 1.54) is 11.8 Å². The fourth-order valence-corrected chi connectivity index (χ4v) is 8.77. The summed E-state index contributed by atoms with van der Waals surface area (Å²) in [5.41, 5.74) is 4.10. The van der Waals surface area contributed by atoms with Gasteiger partial charge in [-0.3, -0.25) is 4.79 Å². The Morgan fingerprint density at radius 3 is 2.50 bits per heavy atom. The summed E-state index contributed by atoms with van der Waals surface area (Å²) in [5.74, 6) is 0.0447. The maximum Gasteiger partial charge on any atom is 0.248 e. The molecule has 2 aliphatic heterocycles. The lowest BCUT2D eigenvalue weighted by atomic mass is 10.1. The van der Waals surface area contributed by atoms with E-state index in [0.29, 0.717) is 18.0 Å². The van der Waals surface area contributed by atoms with Crippen molar-refractivity contribution >= 4 is 54.3 Å². The Morgan fingerprint density at radius 1 is 1.17 bits per heavy atom. The summed E-state index contributed by atoms with van der Waals surface area (Å²) in [7, 11) is -3.09. The molecular formula is C22H23BrN2O3S2. The van der Waals surface area contributed by atoms with E-state index >= 15 is 0 Å². The number of fused-ring (bicyclic) bond motifs is 1. The Kier molecular flexibility index (Phi) is 6.10. The first kappa shape index (κ1) is 21.6. The van der Waals surface area contributed by atoms with Gasteiger partial charge in [-0.15, -0.1) is 0 Å². The van der Waals surface area contributed by atoms with Gasteiger partial charge in [-0.25, -0.2) is 8.42 Å². The number of aryl methyl sites for hydroxylation is 3. The number of carbonyl (C=O) groups excluding carboxylic acids is 1. The highest BCUT2D eigenvalue weighted by Crippen LogP contribution is 2.43. The summed E-state index contributed by atoms with van der Waals surface area (Å²) in [6, 6.07) is 13.7. The normalized spacial score (nSPS) is 23.7. The summed E-state index contributed by atoms with van der Waals surface area (Å²) >= 11 is 4.95. The number of halogens is 1. The van der Waals surface area contributed by atoms with Crippen LogP contribution in [-0.4, -0.2) is 42.3 Å². The molecule has 2 aliphatic rings. The van der Waals surface area contributed by atoms with Gasteiger partial charge in [-0.2, -0.15) is 4.99 Å². The van der Waals surface area contributed by atoms with Gasteiger partial charge in [0.2, 0.25) is 5.91 Å². The Morgan fingerprint density at radius 2 is 1.83 bits per heavy atom. The average Bonchev–Trinajstić information content (AvgIpc) is 3.12. The number of aliphatic imine (C=N–C) groups is 1. The van der Waals surface area contributed by atoms with E-state index in [1.807, 2.05) is 61.2 Å². The van der Waals surface area contributed by atoms with Gasteiger partial charge in [-0.1, -0.05) is 58.0 Å². The van der Waals surface area contributed by atoms with Gasteiger partial charge in [0, 0.05) is 21.8 Å². The fraction of sp³-hybridized carbons (Fsp3) is 0.364. The second-order valence-electron chi connectivity index (χ2n) is 7.83. The molecule has 2 fully saturated rings. The predicted molar refractivity (Wildman–Crippen MR) is 127 cm³/mol. The van der Waals surface area contributed by atoms with Gasteiger partial charge in [0.05, 0.1) is 17.5 Å². The van der Waals surface area contributed by atoms with E-state index in [9.17, 15) is 13.2 Å². The maximum absolute atomic E-state index is 12.7. The highest BCUT2D eigenvalue weighted by molar-refractivity contribution is 9.10. The van der Waals surface area contributed by atoms with Crippen molar-refractivity contribution in [3.05, 3.63) is 63.6 Å². The van der Waals surface area contributed by atoms with Crippen LogP contribution in [0.5, 0.6) is 0 Å². The first-order chi connectivity index (χ1) is 14.2. The van der Waals surface area contributed by atoms with Gasteiger partial charge < -0.3 is 4.90 Å². The van der Waals surface area contributed by atoms with E-state index < -0.39 is 9.84 Å². The smallest absolute Gasteiger partial charge is 0.248 e. The Labute approximate surface area is 190 Å². The zero-order valence-electron chi connectivity index (χ0n) is 16.8. The van der Waals surface area contributed by atoms with Crippen molar-refractivity contribution in [1.82, 2.24) is 0 Å². The zero-order chi connectivity index (χ0) is 21.5. The molecule has 2 atom stereocenters. The van der Waals surface area contributed by atoms with Gasteiger partial charge in [0.15, 0.2) is 15.0 Å². The van der Waals surface area contributed by atoms with E-state index in [0.717, 1.165) is 26.9 Å². The van der Waals surface area contributed by atoms with Gasteiger partial charge in [0.1, 0.15) is 0 Å². The van der Waals surface area contributed by atoms with E-state index in [2.05, 4.69) is 20.9 Å². The maximum atomic E-state index is 12.7. The number of rotatable bonds is 4. The minimum Gasteiger partial charge on any atom is -0.315 e. The molecule has 0 aromatic heterocycles. The molecule has 0 N–H and O–H groups in total. The molecule has 30 heavy (non-hydrogen) atoms. The minimum absolute atomic E-state index is 0.0941. The molecule has 0 bridgehead atoms. The van der Waals surface area contributed by atoms with Crippen LogP contribution in [0.25, 0.3) is 0 Å². The lowest BCUT2D eigenvalue weighted by molar-refractivity contribution is -0.117. The number of anilines is 1. The van der Waals surface area contributed by atoms with Gasteiger partial charge >= 0.3 is 0 Å². The summed E-state index contributed by atoms with van der Waals surface area (Å²) < 4.78 is 25.5. The van der Waals surface area contributed by atoms with E-state index in [4.69, 9.17) is 0 Å². The summed E-state index contributed by atoms with van der Waals surface area (Å²) in [6.07, 6.45) is 0.965. The van der Waals surface area contributed by atoms with Crippen molar-refractivity contribution < 1.29 is 13.2 Å². The number of carbonyl (C=O) groups is 1. The van der Waals surface area contributed by atoms with Crippen LogP contribution in [0.3, 0.4) is 0 Å². The second kappa shape index (κ2) is 8.48. The molecule has 4 rings (SSSR count). The van der Waals surface area contributed by atoms with Crippen molar-refractivity contribution in [2.45, 2.75) is 38.0 Å². The highest BCUT2D eigenvalue weighted by Gasteiger charge is 2.50. The number of hydrogen-bond donors (Lipinski definition) is 0. The molecule has 2 aromatic carbocycles. The average molecular weight is 507 g/mol. The monoisotopic (exact) mass is 506 g/mol. The van der Waals surface area contributed by atoms with Crippen LogP contribution in [0.15, 0.2) is 51.9 Å². The first-order valence-corrected chi connectivity index (χ1v) is 13.3. The lowest BCUT2D eigenvalue weighted by Crippen LogP contribution is -2.38. The zero-order valence-corrected chi connectivity index (χ0v) is 20.1. The van der Waals surface area contributed by atoms with E-state index in [-0.39, 0.29) is 28.7 Å². The van der Waals surface area contributed by atoms with Crippen molar-refractivity contribution in [3.8, 4) is 0 Å². The van der Waals surface area contributed by atoms with Crippen LogP contribution in [0.1, 0.15) is 23.1 Å². The Hall–Kier alpha value is -1.64. The molecule has 0 radical (unpaired) electrons. The Balaban J connectivity index is 1.65. The van der Waals surface area contributed by atoms with Crippen molar-refractivity contribution in [2.24, 2.45) is 4.99 Å². The number of thioether (sulfide) groups is 1. The fourth-order valence-electron chi connectivity index (χ4n) is 4.17. The van der Waals surface area contributed by atoms with Gasteiger partial charge in [0.25, 0.3) is 0 Å². The number of amides is 1. The summed E-state index contributed by atoms with van der Waals surface area (Å²) in [5, 5.41) is 0.518. The largest absolute Gasteiger partial charge is 0.315 e. The molecule has 2 heterocycles. The molecule has 0 aliphatic carbocycles. The third-order valence-corrected chi connectivity index (χ3v) is 9.12. The number of nitrogens with zero attached hydrogens (tertiary/aromatic N) is 2. The highest BCUT2D eigenvalue weighted by atomic mass is 79.9. The molecule has 0 unspecified atom stereocenters. The van der Waals surface area contributed by atoms with Crippen LogP contribution in [0.2, 0.25) is 0 Å². The molecule has 158 valence electrons. The Bertz CT molecular complexity index is 1090. The van der Waals surface area contributed by atoms with Gasteiger partial charge in [-0.05, 0) is 49.1 Å². The number of hydrogen-bond acceptors (Lipinski definition) is 4. The van der Waals surface area contributed by atoms with Crippen LogP contribution in [-0.2, 0) is 21.1 Å². The number of sulfone groups is 1. The first-order valence-electron chi connectivity index (χ1n) is 9.82. The molecule has 0 saturated carbocycles. The minimum atomic E-state index is -3.09. The van der Waals surface area contributed by atoms with Crippen LogP contribution in [0, 0.1) is 13.8 Å². The molecule has 5 nitrogen and oxygen atoms in total.